The molecule has 1 heterocycles. The van der Waals surface area contributed by atoms with Gasteiger partial charge in [-0.2, -0.15) is 5.10 Å². The molecule has 1 aromatic carbocycles. The summed E-state index contributed by atoms with van der Waals surface area (Å²) < 4.78 is 14.6. The van der Waals surface area contributed by atoms with Gasteiger partial charge in [0.2, 0.25) is 0 Å². The van der Waals surface area contributed by atoms with Gasteiger partial charge in [-0.3, -0.25) is 4.99 Å². The number of aromatic nitrogens is 2. The zero-order chi connectivity index (χ0) is 15.9. The number of guanidine groups is 1. The summed E-state index contributed by atoms with van der Waals surface area (Å²) in [4.78, 5) is 4.29. The second-order valence-corrected chi connectivity index (χ2v) is 5.20. The first-order valence-electron chi connectivity index (χ1n) is 7.45. The molecule has 0 radical (unpaired) electrons. The van der Waals surface area contributed by atoms with Crippen LogP contribution < -0.4 is 11.1 Å². The van der Waals surface area contributed by atoms with Gasteiger partial charge >= 0.3 is 0 Å². The third-order valence-corrected chi connectivity index (χ3v) is 3.39. The maximum Gasteiger partial charge on any atom is 0.188 e. The van der Waals surface area contributed by atoms with Gasteiger partial charge in [-0.1, -0.05) is 6.92 Å². The van der Waals surface area contributed by atoms with Crippen LogP contribution in [0.3, 0.4) is 0 Å². The fourth-order valence-corrected chi connectivity index (χ4v) is 1.92. The Bertz CT molecular complexity index is 624. The summed E-state index contributed by atoms with van der Waals surface area (Å²) in [5, 5.41) is 7.57. The van der Waals surface area contributed by atoms with Crippen molar-refractivity contribution >= 4 is 29.9 Å². The van der Waals surface area contributed by atoms with Crippen LogP contribution in [0, 0.1) is 5.82 Å². The number of nitrogens with two attached hydrogens (primary N) is 1. The van der Waals surface area contributed by atoms with Crippen molar-refractivity contribution in [3.63, 3.8) is 0 Å². The predicted molar refractivity (Wildman–Crippen MR) is 102 cm³/mol. The topological polar surface area (TPSA) is 68.2 Å². The van der Waals surface area contributed by atoms with E-state index in [0.29, 0.717) is 25.0 Å². The minimum atomic E-state index is -0.255. The monoisotopic (exact) mass is 431 g/mol. The van der Waals surface area contributed by atoms with Crippen LogP contribution >= 0.6 is 24.0 Å². The second-order valence-electron chi connectivity index (χ2n) is 5.20. The number of benzene rings is 1. The van der Waals surface area contributed by atoms with E-state index < -0.39 is 0 Å². The number of rotatable bonds is 6. The fourth-order valence-electron chi connectivity index (χ4n) is 1.92. The molecule has 1 unspecified atom stereocenters. The molecule has 23 heavy (non-hydrogen) atoms. The van der Waals surface area contributed by atoms with Crippen LogP contribution in [0.15, 0.2) is 41.5 Å². The molecule has 0 fully saturated rings. The average Bonchev–Trinajstić information content (AvgIpc) is 2.96. The summed E-state index contributed by atoms with van der Waals surface area (Å²) >= 11 is 0. The highest BCUT2D eigenvalue weighted by molar-refractivity contribution is 14.0. The fraction of sp³-hybridized carbons (Fsp3) is 0.375. The van der Waals surface area contributed by atoms with Crippen LogP contribution in [-0.4, -0.2) is 28.3 Å². The van der Waals surface area contributed by atoms with Crippen molar-refractivity contribution in [2.24, 2.45) is 10.7 Å². The molecule has 1 atom stereocenters. The largest absolute Gasteiger partial charge is 0.370 e. The molecule has 0 aliphatic carbocycles. The van der Waals surface area contributed by atoms with Crippen molar-refractivity contribution in [1.29, 1.82) is 0 Å². The molecule has 2 aromatic rings. The van der Waals surface area contributed by atoms with E-state index in [1.807, 2.05) is 12.3 Å². The molecule has 0 amide bonds. The Morgan fingerprint density at radius 2 is 2.04 bits per heavy atom. The molecule has 0 aliphatic heterocycles. The average molecular weight is 431 g/mol. The van der Waals surface area contributed by atoms with Crippen LogP contribution in [0.4, 0.5) is 4.39 Å². The minimum absolute atomic E-state index is 0. The summed E-state index contributed by atoms with van der Waals surface area (Å²) in [7, 11) is 0. The Kier molecular flexibility index (Phi) is 8.01. The molecule has 126 valence electrons. The number of nitrogens with zero attached hydrogens (tertiary/aromatic N) is 3. The molecule has 1 aromatic heterocycles. The van der Waals surface area contributed by atoms with Crippen molar-refractivity contribution in [3.8, 4) is 5.69 Å². The summed E-state index contributed by atoms with van der Waals surface area (Å²) in [5.74, 6) is 0.210. The standard InChI is InChI=1S/C16H22FN5.HI/c1-3-12(2)20-16(18)19-10-8-14-9-11-22(21-14)15-6-4-13(17)5-7-15;/h4-7,9,11-12H,3,8,10H2,1-2H3,(H3,18,19,20);1H. The van der Waals surface area contributed by atoms with Crippen molar-refractivity contribution in [1.82, 2.24) is 15.1 Å². The Morgan fingerprint density at radius 1 is 1.35 bits per heavy atom. The van der Waals surface area contributed by atoms with E-state index in [-0.39, 0.29) is 29.8 Å². The number of nitrogens with one attached hydrogen (secondary N) is 1. The van der Waals surface area contributed by atoms with Gasteiger partial charge in [0.05, 0.1) is 11.4 Å². The molecule has 0 bridgehead atoms. The summed E-state index contributed by atoms with van der Waals surface area (Å²) in [5.41, 5.74) is 7.55. The maximum absolute atomic E-state index is 12.9. The van der Waals surface area contributed by atoms with E-state index >= 15 is 0 Å². The lowest BCUT2D eigenvalue weighted by Crippen LogP contribution is -2.38. The Morgan fingerprint density at radius 3 is 2.70 bits per heavy atom. The first-order chi connectivity index (χ1) is 10.6. The van der Waals surface area contributed by atoms with Gasteiger partial charge in [0.1, 0.15) is 5.82 Å². The number of halogens is 2. The highest BCUT2D eigenvalue weighted by Gasteiger charge is 2.02. The van der Waals surface area contributed by atoms with E-state index in [0.717, 1.165) is 17.8 Å². The van der Waals surface area contributed by atoms with E-state index in [2.05, 4.69) is 29.3 Å². The van der Waals surface area contributed by atoms with Crippen LogP contribution in [0.1, 0.15) is 26.0 Å². The van der Waals surface area contributed by atoms with Crippen LogP contribution in [0.25, 0.3) is 5.69 Å². The maximum atomic E-state index is 12.9. The Labute approximate surface area is 153 Å². The van der Waals surface area contributed by atoms with Gasteiger partial charge in [0.15, 0.2) is 5.96 Å². The first-order valence-corrected chi connectivity index (χ1v) is 7.45. The SMILES string of the molecule is CCC(C)NC(N)=NCCc1ccn(-c2ccc(F)cc2)n1.I. The minimum Gasteiger partial charge on any atom is -0.370 e. The van der Waals surface area contributed by atoms with Gasteiger partial charge < -0.3 is 11.1 Å². The highest BCUT2D eigenvalue weighted by atomic mass is 127. The van der Waals surface area contributed by atoms with E-state index in [4.69, 9.17) is 5.73 Å². The lowest BCUT2D eigenvalue weighted by molar-refractivity contribution is 0.627. The van der Waals surface area contributed by atoms with Crippen molar-refractivity contribution in [2.75, 3.05) is 6.54 Å². The van der Waals surface area contributed by atoms with Gasteiger partial charge in [0.25, 0.3) is 0 Å². The van der Waals surface area contributed by atoms with Gasteiger partial charge in [0, 0.05) is 25.2 Å². The van der Waals surface area contributed by atoms with E-state index in [1.165, 1.54) is 12.1 Å². The van der Waals surface area contributed by atoms with Gasteiger partial charge in [-0.25, -0.2) is 9.07 Å². The lowest BCUT2D eigenvalue weighted by atomic mass is 10.3. The number of aliphatic imine (C=N–C) groups is 1. The Balaban J connectivity index is 0.00000264. The summed E-state index contributed by atoms with van der Waals surface area (Å²) in [6, 6.07) is 8.47. The molecular formula is C16H23FIN5. The molecule has 0 spiro atoms. The number of hydrogen-bond acceptors (Lipinski definition) is 2. The normalized spacial score (nSPS) is 12.6. The zero-order valence-electron chi connectivity index (χ0n) is 13.4. The smallest absolute Gasteiger partial charge is 0.188 e. The summed E-state index contributed by atoms with van der Waals surface area (Å²) in [6.07, 6.45) is 3.56. The predicted octanol–water partition coefficient (Wildman–Crippen LogP) is 2.87. The van der Waals surface area contributed by atoms with Gasteiger partial charge in [-0.05, 0) is 43.7 Å². The van der Waals surface area contributed by atoms with Crippen LogP contribution in [0.5, 0.6) is 0 Å². The molecule has 7 heteroatoms. The first kappa shape index (κ1) is 19.4. The van der Waals surface area contributed by atoms with Crippen molar-refractivity contribution in [2.45, 2.75) is 32.7 Å². The zero-order valence-corrected chi connectivity index (χ0v) is 15.7. The third kappa shape index (κ3) is 6.17. The van der Waals surface area contributed by atoms with Crippen molar-refractivity contribution < 1.29 is 4.39 Å². The molecule has 3 N–H and O–H groups in total. The molecule has 0 saturated heterocycles. The molecule has 0 saturated carbocycles. The Hall–Kier alpha value is -1.64. The molecule has 0 aliphatic rings. The van der Waals surface area contributed by atoms with Gasteiger partial charge in [-0.15, -0.1) is 24.0 Å². The molecule has 2 rings (SSSR count). The lowest BCUT2D eigenvalue weighted by Gasteiger charge is -2.11. The molecular weight excluding hydrogens is 408 g/mol. The second kappa shape index (κ2) is 9.49. The van der Waals surface area contributed by atoms with E-state index in [1.54, 1.807) is 16.8 Å². The van der Waals surface area contributed by atoms with Crippen LogP contribution in [-0.2, 0) is 6.42 Å². The van der Waals surface area contributed by atoms with Crippen LogP contribution in [0.2, 0.25) is 0 Å². The summed E-state index contributed by atoms with van der Waals surface area (Å²) in [6.45, 7) is 4.73. The quantitative estimate of drug-likeness (QED) is 0.420. The number of hydrogen-bond donors (Lipinski definition) is 2. The third-order valence-electron chi connectivity index (χ3n) is 3.39. The highest BCUT2D eigenvalue weighted by Crippen LogP contribution is 2.09. The molecule has 5 nitrogen and oxygen atoms in total. The van der Waals surface area contributed by atoms with E-state index in [9.17, 15) is 4.39 Å². The van der Waals surface area contributed by atoms with Crippen molar-refractivity contribution in [3.05, 3.63) is 48.0 Å².